The van der Waals surface area contributed by atoms with Crippen molar-refractivity contribution in [3.63, 3.8) is 0 Å². The van der Waals surface area contributed by atoms with E-state index in [4.69, 9.17) is 16.3 Å². The predicted octanol–water partition coefficient (Wildman–Crippen LogP) is 2.43. The molecule has 1 aliphatic carbocycles. The summed E-state index contributed by atoms with van der Waals surface area (Å²) < 4.78 is 22.6. The van der Waals surface area contributed by atoms with Crippen molar-refractivity contribution < 1.29 is 19.0 Å². The van der Waals surface area contributed by atoms with Crippen LogP contribution in [0.5, 0.6) is 0 Å². The Balaban J connectivity index is 0.00000205. The maximum atomic E-state index is 15.1. The van der Waals surface area contributed by atoms with Crippen molar-refractivity contribution in [1.82, 2.24) is 9.88 Å². The molecule has 3 aliphatic rings. The third kappa shape index (κ3) is 3.28. The fourth-order valence-electron chi connectivity index (χ4n) is 4.29. The summed E-state index contributed by atoms with van der Waals surface area (Å²) in [6, 6.07) is 1.29. The SMILES string of the molecule is Cl.O=C(O)c1cn(C2CC2)c2c(Cl)c(N3C[C@@H]4OCCN[C@@H]4C3)c(F)cc2c1=O. The van der Waals surface area contributed by atoms with Gasteiger partial charge in [0.05, 0.1) is 40.4 Å². The second-order valence-electron chi connectivity index (χ2n) is 7.61. The van der Waals surface area contributed by atoms with Crippen LogP contribution in [0.25, 0.3) is 10.9 Å². The first-order valence-corrected chi connectivity index (χ1v) is 9.73. The van der Waals surface area contributed by atoms with E-state index in [9.17, 15) is 14.7 Å². The first-order valence-electron chi connectivity index (χ1n) is 9.35. The number of nitrogens with zero attached hydrogens (tertiary/aromatic N) is 2. The number of anilines is 1. The second kappa shape index (κ2) is 7.43. The Morgan fingerprint density at radius 1 is 1.34 bits per heavy atom. The lowest BCUT2D eigenvalue weighted by Gasteiger charge is -2.25. The minimum Gasteiger partial charge on any atom is -0.477 e. The molecule has 3 fully saturated rings. The fraction of sp³-hybridized carbons (Fsp3) is 0.474. The summed E-state index contributed by atoms with van der Waals surface area (Å²) in [5, 5.41) is 12.9. The molecule has 156 valence electrons. The van der Waals surface area contributed by atoms with Crippen LogP contribution in [0.2, 0.25) is 5.02 Å². The molecular weight excluding hydrogens is 424 g/mol. The smallest absolute Gasteiger partial charge is 0.341 e. The molecular formula is C19H20Cl2FN3O4. The van der Waals surface area contributed by atoms with E-state index in [2.05, 4.69) is 5.32 Å². The molecule has 0 unspecified atom stereocenters. The third-order valence-electron chi connectivity index (χ3n) is 5.78. The first-order chi connectivity index (χ1) is 13.5. The van der Waals surface area contributed by atoms with Crippen molar-refractivity contribution in [2.75, 3.05) is 31.1 Å². The zero-order valence-corrected chi connectivity index (χ0v) is 16.9. The van der Waals surface area contributed by atoms with Gasteiger partial charge < -0.3 is 24.6 Å². The van der Waals surface area contributed by atoms with Gasteiger partial charge in [-0.05, 0) is 18.9 Å². The standard InChI is InChI=1S/C19H19ClFN3O4.ClH/c20-15-16-10(18(25)11(19(26)27)6-24(16)9-1-2-9)5-12(21)17(15)23-7-13-14(8-23)28-4-3-22-13;/h5-6,9,13-14,22H,1-4,7-8H2,(H,26,27);1H/t13-,14+;/m1./s1. The molecule has 29 heavy (non-hydrogen) atoms. The van der Waals surface area contributed by atoms with E-state index in [1.54, 1.807) is 4.57 Å². The number of pyridine rings is 1. The summed E-state index contributed by atoms with van der Waals surface area (Å²) in [6.45, 7) is 2.42. The highest BCUT2D eigenvalue weighted by molar-refractivity contribution is 6.38. The first kappa shape index (κ1) is 20.4. The average Bonchev–Trinajstić information content (AvgIpc) is 3.41. The number of carboxylic acids is 1. The zero-order valence-electron chi connectivity index (χ0n) is 15.4. The largest absolute Gasteiger partial charge is 0.477 e. The third-order valence-corrected chi connectivity index (χ3v) is 6.14. The Morgan fingerprint density at radius 3 is 2.76 bits per heavy atom. The number of nitrogens with one attached hydrogen (secondary N) is 1. The molecule has 1 aromatic carbocycles. The van der Waals surface area contributed by atoms with Gasteiger partial charge in [-0.25, -0.2) is 9.18 Å². The zero-order chi connectivity index (χ0) is 19.6. The number of hydrogen-bond donors (Lipinski definition) is 2. The van der Waals surface area contributed by atoms with Crippen molar-refractivity contribution in [3.05, 3.63) is 38.9 Å². The van der Waals surface area contributed by atoms with Crippen LogP contribution in [0.15, 0.2) is 17.1 Å². The summed E-state index contributed by atoms with van der Waals surface area (Å²) in [7, 11) is 0. The van der Waals surface area contributed by atoms with Crippen LogP contribution in [0.1, 0.15) is 29.2 Å². The van der Waals surface area contributed by atoms with Crippen LogP contribution in [0.3, 0.4) is 0 Å². The molecule has 10 heteroatoms. The number of carboxylic acid groups (broad SMARTS) is 1. The Hall–Kier alpha value is -1.87. The monoisotopic (exact) mass is 443 g/mol. The second-order valence-corrected chi connectivity index (χ2v) is 7.99. The van der Waals surface area contributed by atoms with Gasteiger partial charge >= 0.3 is 5.97 Å². The Bertz CT molecular complexity index is 1040. The Labute approximate surface area is 176 Å². The number of halogens is 3. The van der Waals surface area contributed by atoms with Crippen molar-refractivity contribution >= 4 is 46.6 Å². The molecule has 0 amide bonds. The van der Waals surface area contributed by atoms with E-state index in [-0.39, 0.29) is 52.3 Å². The molecule has 2 N–H and O–H groups in total. The lowest BCUT2D eigenvalue weighted by Crippen LogP contribution is -2.47. The number of rotatable bonds is 3. The number of hydrogen-bond acceptors (Lipinski definition) is 5. The van der Waals surface area contributed by atoms with E-state index in [0.29, 0.717) is 25.2 Å². The molecule has 2 saturated heterocycles. The van der Waals surface area contributed by atoms with Gasteiger partial charge in [-0.1, -0.05) is 11.6 Å². The summed E-state index contributed by atoms with van der Waals surface area (Å²) in [4.78, 5) is 26.0. The molecule has 0 spiro atoms. The quantitative estimate of drug-likeness (QED) is 0.757. The Kier molecular flexibility index (Phi) is 5.23. The number of morpholine rings is 1. The van der Waals surface area contributed by atoms with E-state index in [1.165, 1.54) is 6.20 Å². The fourth-order valence-corrected chi connectivity index (χ4v) is 4.70. The van der Waals surface area contributed by atoms with Gasteiger partial charge in [-0.2, -0.15) is 0 Å². The lowest BCUT2D eigenvalue weighted by molar-refractivity contribution is 0.0212. The molecule has 7 nitrogen and oxygen atoms in total. The van der Waals surface area contributed by atoms with Gasteiger partial charge in [-0.3, -0.25) is 4.79 Å². The summed E-state index contributed by atoms with van der Waals surface area (Å²) in [6.07, 6.45) is 3.03. The highest BCUT2D eigenvalue weighted by Crippen LogP contribution is 2.42. The number of fused-ring (bicyclic) bond motifs is 2. The number of carbonyl (C=O) groups is 1. The van der Waals surface area contributed by atoms with Crippen LogP contribution in [-0.2, 0) is 4.74 Å². The molecule has 2 atom stereocenters. The molecule has 0 bridgehead atoms. The topological polar surface area (TPSA) is 83.8 Å². The van der Waals surface area contributed by atoms with Crippen LogP contribution in [0.4, 0.5) is 10.1 Å². The average molecular weight is 444 g/mol. The van der Waals surface area contributed by atoms with Gasteiger partial charge in [0.1, 0.15) is 11.4 Å². The predicted molar refractivity (Wildman–Crippen MR) is 109 cm³/mol. The highest BCUT2D eigenvalue weighted by atomic mass is 35.5. The number of aromatic carboxylic acids is 1. The normalized spacial score (nSPS) is 23.7. The van der Waals surface area contributed by atoms with Gasteiger partial charge in [0.25, 0.3) is 0 Å². The van der Waals surface area contributed by atoms with Gasteiger partial charge in [-0.15, -0.1) is 12.4 Å². The molecule has 5 rings (SSSR count). The maximum absolute atomic E-state index is 15.1. The number of benzene rings is 1. The van der Waals surface area contributed by atoms with E-state index < -0.39 is 17.2 Å². The number of ether oxygens (including phenoxy) is 1. The van der Waals surface area contributed by atoms with Crippen molar-refractivity contribution in [2.45, 2.75) is 31.0 Å². The van der Waals surface area contributed by atoms with E-state index >= 15 is 4.39 Å². The highest BCUT2D eigenvalue weighted by Gasteiger charge is 2.38. The Morgan fingerprint density at radius 2 is 2.10 bits per heavy atom. The minimum absolute atomic E-state index is 0. The molecule has 2 aliphatic heterocycles. The van der Waals surface area contributed by atoms with Gasteiger partial charge in [0.2, 0.25) is 5.43 Å². The minimum atomic E-state index is -1.33. The van der Waals surface area contributed by atoms with Crippen LogP contribution < -0.4 is 15.6 Å². The summed E-state index contributed by atoms with van der Waals surface area (Å²) in [5.74, 6) is -1.95. The lowest BCUT2D eigenvalue weighted by atomic mass is 10.1. The summed E-state index contributed by atoms with van der Waals surface area (Å²) in [5.41, 5.74) is -0.440. The van der Waals surface area contributed by atoms with Gasteiger partial charge in [0.15, 0.2) is 0 Å². The van der Waals surface area contributed by atoms with E-state index in [1.807, 2.05) is 4.90 Å². The van der Waals surface area contributed by atoms with E-state index in [0.717, 1.165) is 25.5 Å². The molecule has 3 heterocycles. The number of aromatic nitrogens is 1. The van der Waals surface area contributed by atoms with Crippen LogP contribution in [0, 0.1) is 5.82 Å². The molecule has 1 saturated carbocycles. The molecule has 1 aromatic heterocycles. The van der Waals surface area contributed by atoms with Gasteiger partial charge in [0, 0.05) is 31.9 Å². The maximum Gasteiger partial charge on any atom is 0.341 e. The van der Waals surface area contributed by atoms with Crippen molar-refractivity contribution in [2.24, 2.45) is 0 Å². The van der Waals surface area contributed by atoms with Crippen molar-refractivity contribution in [3.8, 4) is 0 Å². The van der Waals surface area contributed by atoms with Crippen LogP contribution >= 0.6 is 24.0 Å². The summed E-state index contributed by atoms with van der Waals surface area (Å²) >= 11 is 6.66. The molecule has 0 radical (unpaired) electrons. The molecule has 2 aromatic rings. The van der Waals surface area contributed by atoms with Crippen molar-refractivity contribution in [1.29, 1.82) is 0 Å². The van der Waals surface area contributed by atoms with Crippen LogP contribution in [-0.4, -0.2) is 54.0 Å².